The SMILES string of the molecule is CC[C@@]12OC1CC1C3CCC4=CC(=O)CCC4(C)C3CCC12C. The zero-order valence-electron chi connectivity index (χ0n) is 14.9. The summed E-state index contributed by atoms with van der Waals surface area (Å²) in [6.45, 7) is 7.35. The maximum atomic E-state index is 11.9. The van der Waals surface area contributed by atoms with E-state index in [1.807, 2.05) is 6.08 Å². The lowest BCUT2D eigenvalue weighted by Crippen LogP contribution is -2.52. The summed E-state index contributed by atoms with van der Waals surface area (Å²) in [5.74, 6) is 2.90. The van der Waals surface area contributed by atoms with Crippen molar-refractivity contribution in [1.82, 2.24) is 0 Å². The summed E-state index contributed by atoms with van der Waals surface area (Å²) in [6, 6.07) is 0. The molecular formula is C21H30O2. The highest BCUT2D eigenvalue weighted by Crippen LogP contribution is 2.74. The molecule has 0 N–H and O–H groups in total. The number of carbonyl (C=O) groups is 1. The molecule has 6 unspecified atom stereocenters. The topological polar surface area (TPSA) is 29.6 Å². The van der Waals surface area contributed by atoms with Crippen LogP contribution in [-0.4, -0.2) is 17.5 Å². The number of ether oxygens (including phenoxy) is 1. The minimum Gasteiger partial charge on any atom is -0.365 e. The van der Waals surface area contributed by atoms with Gasteiger partial charge in [0.2, 0.25) is 0 Å². The molecule has 4 aliphatic carbocycles. The summed E-state index contributed by atoms with van der Waals surface area (Å²) >= 11 is 0. The maximum absolute atomic E-state index is 11.9. The molecule has 0 bridgehead atoms. The van der Waals surface area contributed by atoms with Gasteiger partial charge >= 0.3 is 0 Å². The van der Waals surface area contributed by atoms with Crippen molar-refractivity contribution in [2.45, 2.75) is 83.8 Å². The zero-order valence-corrected chi connectivity index (χ0v) is 14.9. The van der Waals surface area contributed by atoms with Crippen LogP contribution < -0.4 is 0 Å². The summed E-state index contributed by atoms with van der Waals surface area (Å²) in [5, 5.41) is 0. The molecule has 23 heavy (non-hydrogen) atoms. The Hall–Kier alpha value is -0.630. The first kappa shape index (κ1) is 14.7. The van der Waals surface area contributed by atoms with Gasteiger partial charge in [-0.05, 0) is 74.2 Å². The molecule has 0 aromatic carbocycles. The minimum atomic E-state index is 0.224. The summed E-state index contributed by atoms with van der Waals surface area (Å²) in [4.78, 5) is 11.9. The van der Waals surface area contributed by atoms with Crippen molar-refractivity contribution in [2.24, 2.45) is 28.6 Å². The van der Waals surface area contributed by atoms with E-state index in [4.69, 9.17) is 4.74 Å². The summed E-state index contributed by atoms with van der Waals surface area (Å²) in [5.41, 5.74) is 2.44. The number of allylic oxidation sites excluding steroid dienone is 1. The molecule has 4 fully saturated rings. The molecular weight excluding hydrogens is 284 g/mol. The molecule has 126 valence electrons. The Balaban J connectivity index is 1.51. The second kappa shape index (κ2) is 4.31. The normalized spacial score (nSPS) is 57.0. The van der Waals surface area contributed by atoms with E-state index in [0.29, 0.717) is 22.7 Å². The second-order valence-corrected chi connectivity index (χ2v) is 9.51. The molecule has 3 saturated carbocycles. The average molecular weight is 314 g/mol. The number of epoxide rings is 1. The lowest BCUT2D eigenvalue weighted by molar-refractivity contribution is -0.118. The highest BCUT2D eigenvalue weighted by molar-refractivity contribution is 5.91. The van der Waals surface area contributed by atoms with Gasteiger partial charge in [0.1, 0.15) is 5.60 Å². The van der Waals surface area contributed by atoms with Crippen LogP contribution in [0.2, 0.25) is 0 Å². The van der Waals surface area contributed by atoms with Gasteiger partial charge in [-0.1, -0.05) is 26.3 Å². The van der Waals surface area contributed by atoms with Crippen LogP contribution in [0.1, 0.15) is 72.1 Å². The maximum Gasteiger partial charge on any atom is 0.155 e. The van der Waals surface area contributed by atoms with Gasteiger partial charge in [0.05, 0.1) is 6.10 Å². The Bertz CT molecular complexity index is 603. The molecule has 1 heterocycles. The summed E-state index contributed by atoms with van der Waals surface area (Å²) in [6.07, 6.45) is 12.1. The highest BCUT2D eigenvalue weighted by Gasteiger charge is 2.76. The van der Waals surface area contributed by atoms with Crippen LogP contribution in [0.5, 0.6) is 0 Å². The molecule has 0 aromatic rings. The standard InChI is InChI=1S/C21H30O2/c1-4-21-18(23-21)12-17-15-6-5-13-11-14(22)7-9-19(13,2)16(15)8-10-20(17,21)3/h11,15-18H,4-10,12H2,1-3H3/t15?,16?,17?,18?,19?,20?,21-/m1/s1. The monoisotopic (exact) mass is 314 g/mol. The third kappa shape index (κ3) is 1.57. The van der Waals surface area contributed by atoms with Crippen LogP contribution in [0.3, 0.4) is 0 Å². The number of ketones is 1. The first-order valence-corrected chi connectivity index (χ1v) is 9.86. The lowest BCUT2D eigenvalue weighted by atomic mass is 9.46. The molecule has 1 aliphatic heterocycles. The fourth-order valence-corrected chi connectivity index (χ4v) is 7.75. The quantitative estimate of drug-likeness (QED) is 0.658. The predicted molar refractivity (Wildman–Crippen MR) is 90.0 cm³/mol. The van der Waals surface area contributed by atoms with E-state index in [9.17, 15) is 4.79 Å². The minimum absolute atomic E-state index is 0.224. The smallest absolute Gasteiger partial charge is 0.155 e. The Labute approximate surface area is 140 Å². The van der Waals surface area contributed by atoms with E-state index in [2.05, 4.69) is 20.8 Å². The van der Waals surface area contributed by atoms with E-state index < -0.39 is 0 Å². The fourth-order valence-electron chi connectivity index (χ4n) is 7.75. The van der Waals surface area contributed by atoms with Crippen molar-refractivity contribution in [1.29, 1.82) is 0 Å². The van der Waals surface area contributed by atoms with Crippen LogP contribution in [-0.2, 0) is 9.53 Å². The van der Waals surface area contributed by atoms with Crippen molar-refractivity contribution < 1.29 is 9.53 Å². The Kier molecular flexibility index (Phi) is 2.75. The molecule has 7 atom stereocenters. The highest BCUT2D eigenvalue weighted by atomic mass is 16.6. The first-order chi connectivity index (χ1) is 10.9. The molecule has 5 aliphatic rings. The Morgan fingerprint density at radius 1 is 1.17 bits per heavy atom. The molecule has 2 nitrogen and oxygen atoms in total. The van der Waals surface area contributed by atoms with E-state index >= 15 is 0 Å². The summed E-state index contributed by atoms with van der Waals surface area (Å²) < 4.78 is 6.23. The molecule has 5 rings (SSSR count). The molecule has 0 spiro atoms. The molecule has 0 aromatic heterocycles. The van der Waals surface area contributed by atoms with Gasteiger partial charge in [0.15, 0.2) is 5.78 Å². The molecule has 0 radical (unpaired) electrons. The number of hydrogen-bond donors (Lipinski definition) is 0. The van der Waals surface area contributed by atoms with Crippen LogP contribution in [0, 0.1) is 28.6 Å². The van der Waals surface area contributed by atoms with Gasteiger partial charge in [-0.3, -0.25) is 4.79 Å². The number of fused-ring (bicyclic) bond motifs is 7. The number of rotatable bonds is 1. The van der Waals surface area contributed by atoms with E-state index in [1.165, 1.54) is 44.1 Å². The van der Waals surface area contributed by atoms with E-state index in [1.54, 1.807) is 0 Å². The van der Waals surface area contributed by atoms with Crippen molar-refractivity contribution in [3.8, 4) is 0 Å². The third-order valence-electron chi connectivity index (χ3n) is 9.13. The van der Waals surface area contributed by atoms with Crippen molar-refractivity contribution in [3.63, 3.8) is 0 Å². The third-order valence-corrected chi connectivity index (χ3v) is 9.13. The van der Waals surface area contributed by atoms with Crippen LogP contribution in [0.25, 0.3) is 0 Å². The molecule has 1 saturated heterocycles. The molecule has 2 heteroatoms. The van der Waals surface area contributed by atoms with Crippen molar-refractivity contribution in [2.75, 3.05) is 0 Å². The van der Waals surface area contributed by atoms with Crippen LogP contribution in [0.4, 0.5) is 0 Å². The number of hydrogen-bond acceptors (Lipinski definition) is 2. The Morgan fingerprint density at radius 2 is 2.00 bits per heavy atom. The first-order valence-electron chi connectivity index (χ1n) is 9.86. The second-order valence-electron chi connectivity index (χ2n) is 9.51. The van der Waals surface area contributed by atoms with E-state index in [-0.39, 0.29) is 5.60 Å². The van der Waals surface area contributed by atoms with Gasteiger partial charge in [-0.2, -0.15) is 0 Å². The number of carbonyl (C=O) groups excluding carboxylic acids is 1. The zero-order chi connectivity index (χ0) is 16.0. The average Bonchev–Trinajstić information content (AvgIpc) is 3.20. The fraction of sp³-hybridized carbons (Fsp3) is 0.857. The van der Waals surface area contributed by atoms with Gasteiger partial charge in [-0.25, -0.2) is 0 Å². The van der Waals surface area contributed by atoms with Crippen molar-refractivity contribution >= 4 is 5.78 Å². The largest absolute Gasteiger partial charge is 0.365 e. The van der Waals surface area contributed by atoms with Crippen LogP contribution in [0.15, 0.2) is 11.6 Å². The predicted octanol–water partition coefficient (Wildman–Crippen LogP) is 4.68. The van der Waals surface area contributed by atoms with Gasteiger partial charge in [-0.15, -0.1) is 0 Å². The Morgan fingerprint density at radius 3 is 2.78 bits per heavy atom. The van der Waals surface area contributed by atoms with Gasteiger partial charge in [0.25, 0.3) is 0 Å². The van der Waals surface area contributed by atoms with Crippen molar-refractivity contribution in [3.05, 3.63) is 11.6 Å². The van der Waals surface area contributed by atoms with Gasteiger partial charge < -0.3 is 4.74 Å². The lowest BCUT2D eigenvalue weighted by Gasteiger charge is -2.58. The molecule has 0 amide bonds. The van der Waals surface area contributed by atoms with Crippen LogP contribution >= 0.6 is 0 Å². The van der Waals surface area contributed by atoms with E-state index in [0.717, 1.165) is 30.6 Å². The van der Waals surface area contributed by atoms with Gasteiger partial charge in [0, 0.05) is 11.8 Å². The summed E-state index contributed by atoms with van der Waals surface area (Å²) in [7, 11) is 0.